The fourth-order valence-electron chi connectivity index (χ4n) is 4.41. The lowest BCUT2D eigenvalue weighted by Crippen LogP contribution is -2.55. The Bertz CT molecular complexity index is 1060. The van der Waals surface area contributed by atoms with Gasteiger partial charge >= 0.3 is 6.09 Å². The number of rotatable bonds is 5. The molecule has 3 heterocycles. The van der Waals surface area contributed by atoms with Crippen LogP contribution in [-0.2, 0) is 6.42 Å². The summed E-state index contributed by atoms with van der Waals surface area (Å²) < 4.78 is 0. The van der Waals surface area contributed by atoms with Gasteiger partial charge in [0.1, 0.15) is 5.82 Å². The van der Waals surface area contributed by atoms with Crippen LogP contribution in [0.4, 0.5) is 10.6 Å². The van der Waals surface area contributed by atoms with Gasteiger partial charge in [0.2, 0.25) is 0 Å². The van der Waals surface area contributed by atoms with E-state index in [1.807, 2.05) is 43.5 Å². The van der Waals surface area contributed by atoms with E-state index in [4.69, 9.17) is 16.6 Å². The Labute approximate surface area is 184 Å². The van der Waals surface area contributed by atoms with Crippen LogP contribution in [-0.4, -0.2) is 39.8 Å². The normalized spacial score (nSPS) is 17.1. The van der Waals surface area contributed by atoms with Gasteiger partial charge in [0.05, 0.1) is 16.2 Å². The summed E-state index contributed by atoms with van der Waals surface area (Å²) in [6.07, 6.45) is 1.39. The van der Waals surface area contributed by atoms with Crippen LogP contribution in [0, 0.1) is 12.8 Å². The van der Waals surface area contributed by atoms with Crippen LogP contribution < -0.4 is 10.2 Å². The van der Waals surface area contributed by atoms with Gasteiger partial charge in [-0.25, -0.2) is 14.8 Å². The van der Waals surface area contributed by atoms with Crippen molar-refractivity contribution in [2.24, 2.45) is 5.92 Å². The largest absolute Gasteiger partial charge is 0.465 e. The first-order chi connectivity index (χ1) is 14.3. The van der Waals surface area contributed by atoms with Gasteiger partial charge in [0.25, 0.3) is 0 Å². The third kappa shape index (κ3) is 4.52. The quantitative estimate of drug-likeness (QED) is 0.569. The highest BCUT2D eigenvalue weighted by molar-refractivity contribution is 7.09. The summed E-state index contributed by atoms with van der Waals surface area (Å²) >= 11 is 7.67. The number of hydrogen-bond donors (Lipinski definition) is 2. The predicted molar refractivity (Wildman–Crippen MR) is 122 cm³/mol. The zero-order chi connectivity index (χ0) is 21.3. The Morgan fingerprint density at radius 1 is 1.30 bits per heavy atom. The lowest BCUT2D eigenvalue weighted by molar-refractivity contribution is 0.150. The number of halogens is 1. The fraction of sp³-hybridized carbons (Fsp3) is 0.409. The summed E-state index contributed by atoms with van der Waals surface area (Å²) in [5, 5.41) is 17.0. The Balaban J connectivity index is 1.48. The molecule has 1 aliphatic heterocycles. The van der Waals surface area contributed by atoms with Crippen LogP contribution >= 0.6 is 22.9 Å². The van der Waals surface area contributed by atoms with E-state index in [1.165, 1.54) is 0 Å². The van der Waals surface area contributed by atoms with Crippen molar-refractivity contribution >= 4 is 45.8 Å². The molecule has 3 aromatic rings. The highest BCUT2D eigenvalue weighted by Crippen LogP contribution is 2.33. The molecule has 2 aromatic heterocycles. The van der Waals surface area contributed by atoms with Gasteiger partial charge in [0, 0.05) is 40.8 Å². The van der Waals surface area contributed by atoms with Gasteiger partial charge in [-0.1, -0.05) is 11.6 Å². The van der Waals surface area contributed by atoms with Crippen LogP contribution in [0.1, 0.15) is 30.5 Å². The molecule has 0 radical (unpaired) electrons. The minimum Gasteiger partial charge on any atom is -0.465 e. The third-order valence-corrected chi connectivity index (χ3v) is 7.02. The molecule has 1 saturated heterocycles. The van der Waals surface area contributed by atoms with E-state index >= 15 is 0 Å². The topological polar surface area (TPSA) is 78.3 Å². The number of amides is 1. The second-order valence-electron chi connectivity index (χ2n) is 8.15. The molecule has 30 heavy (non-hydrogen) atoms. The molecule has 1 amide bonds. The molecule has 6 nitrogen and oxygen atoms in total. The number of nitrogens with one attached hydrogen (secondary N) is 1. The number of thiazole rings is 1. The molecule has 1 aliphatic rings. The van der Waals surface area contributed by atoms with E-state index in [1.54, 1.807) is 11.3 Å². The van der Waals surface area contributed by atoms with Crippen LogP contribution in [0.25, 0.3) is 10.9 Å². The Morgan fingerprint density at radius 3 is 2.73 bits per heavy atom. The number of nitrogens with zero attached hydrogens (tertiary/aromatic N) is 3. The average molecular weight is 445 g/mol. The molecule has 0 aliphatic carbocycles. The van der Waals surface area contributed by atoms with Crippen molar-refractivity contribution in [3.05, 3.63) is 51.4 Å². The number of carboxylic acid groups (broad SMARTS) is 1. The zero-order valence-corrected chi connectivity index (χ0v) is 18.6. The van der Waals surface area contributed by atoms with Crippen LogP contribution in [0.15, 0.2) is 35.7 Å². The van der Waals surface area contributed by atoms with Gasteiger partial charge in [-0.2, -0.15) is 0 Å². The van der Waals surface area contributed by atoms with Crippen molar-refractivity contribution in [3.8, 4) is 0 Å². The van der Waals surface area contributed by atoms with Gasteiger partial charge in [-0.3, -0.25) is 0 Å². The van der Waals surface area contributed by atoms with Crippen molar-refractivity contribution in [1.29, 1.82) is 0 Å². The number of benzene rings is 1. The Hall–Kier alpha value is -2.38. The maximum atomic E-state index is 11.5. The van der Waals surface area contributed by atoms with Gasteiger partial charge in [0.15, 0.2) is 0 Å². The second kappa shape index (κ2) is 8.40. The zero-order valence-electron chi connectivity index (χ0n) is 17.1. The number of carbonyl (C=O) groups is 1. The summed E-state index contributed by atoms with van der Waals surface area (Å²) in [7, 11) is 0. The van der Waals surface area contributed by atoms with E-state index in [0.29, 0.717) is 11.4 Å². The van der Waals surface area contributed by atoms with Crippen molar-refractivity contribution in [1.82, 2.24) is 15.3 Å². The van der Waals surface area contributed by atoms with Crippen LogP contribution in [0.3, 0.4) is 0 Å². The van der Waals surface area contributed by atoms with Gasteiger partial charge in [-0.05, 0) is 62.9 Å². The van der Waals surface area contributed by atoms with Gasteiger partial charge in [-0.15, -0.1) is 11.3 Å². The summed E-state index contributed by atoms with van der Waals surface area (Å²) in [5.41, 5.74) is 1.33. The van der Waals surface area contributed by atoms with Crippen LogP contribution in [0.2, 0.25) is 5.02 Å². The third-order valence-electron chi connectivity index (χ3n) is 5.96. The number of hydrogen-bond acceptors (Lipinski definition) is 5. The molecular weight excluding hydrogens is 420 g/mol. The fourth-order valence-corrected chi connectivity index (χ4v) is 5.20. The van der Waals surface area contributed by atoms with E-state index in [0.717, 1.165) is 53.4 Å². The molecule has 2 N–H and O–H groups in total. The van der Waals surface area contributed by atoms with Crippen molar-refractivity contribution in [2.75, 3.05) is 18.0 Å². The molecule has 1 atom stereocenters. The molecule has 1 fully saturated rings. The van der Waals surface area contributed by atoms with Crippen molar-refractivity contribution < 1.29 is 9.90 Å². The first kappa shape index (κ1) is 20.9. The highest BCUT2D eigenvalue weighted by atomic mass is 35.5. The first-order valence-corrected chi connectivity index (χ1v) is 11.3. The number of anilines is 1. The van der Waals surface area contributed by atoms with Crippen molar-refractivity contribution in [3.63, 3.8) is 0 Å². The lowest BCUT2D eigenvalue weighted by atomic mass is 9.76. The molecule has 8 heteroatoms. The van der Waals surface area contributed by atoms with E-state index in [9.17, 15) is 9.90 Å². The molecule has 0 saturated carbocycles. The summed E-state index contributed by atoms with van der Waals surface area (Å²) in [6.45, 7) is 5.65. The minimum absolute atomic E-state index is 0.228. The number of aromatic nitrogens is 2. The van der Waals surface area contributed by atoms with Gasteiger partial charge < -0.3 is 15.3 Å². The van der Waals surface area contributed by atoms with E-state index < -0.39 is 11.6 Å². The predicted octanol–water partition coefficient (Wildman–Crippen LogP) is 5.14. The lowest BCUT2D eigenvalue weighted by Gasteiger charge is -2.42. The standard InChI is InChI=1S/C22H25ClN4O2S/c1-14-24-18(13-30-14)12-22(2,26-21(28)29)16-7-9-27(10-8-16)20-6-3-15-11-17(23)4-5-19(15)25-20/h3-6,11,13,16,26H,7-10,12H2,1-2H3,(H,28,29). The number of piperidine rings is 1. The number of fused-ring (bicyclic) bond motifs is 1. The Kier molecular flexibility index (Phi) is 5.84. The first-order valence-electron chi connectivity index (χ1n) is 10.1. The molecule has 0 bridgehead atoms. The highest BCUT2D eigenvalue weighted by Gasteiger charge is 2.38. The second-order valence-corrected chi connectivity index (χ2v) is 9.65. The SMILES string of the molecule is Cc1nc(CC(C)(NC(=O)O)C2CCN(c3ccc4cc(Cl)ccc4n3)CC2)cs1. The number of aryl methyl sites for hydroxylation is 1. The molecule has 1 unspecified atom stereocenters. The maximum Gasteiger partial charge on any atom is 0.405 e. The number of pyridine rings is 1. The smallest absolute Gasteiger partial charge is 0.405 e. The average Bonchev–Trinajstić information content (AvgIpc) is 3.11. The summed E-state index contributed by atoms with van der Waals surface area (Å²) in [5.74, 6) is 1.18. The minimum atomic E-state index is -0.985. The summed E-state index contributed by atoms with van der Waals surface area (Å²) in [4.78, 5) is 23.2. The molecule has 0 spiro atoms. The van der Waals surface area contributed by atoms with E-state index in [2.05, 4.69) is 21.3 Å². The molecule has 158 valence electrons. The van der Waals surface area contributed by atoms with Crippen molar-refractivity contribution in [2.45, 2.75) is 38.6 Å². The van der Waals surface area contributed by atoms with E-state index in [-0.39, 0.29) is 5.92 Å². The summed E-state index contributed by atoms with van der Waals surface area (Å²) in [6, 6.07) is 9.80. The van der Waals surface area contributed by atoms with Crippen LogP contribution in [0.5, 0.6) is 0 Å². The molecule has 1 aromatic carbocycles. The molecular formula is C22H25ClN4O2S. The maximum absolute atomic E-state index is 11.5. The monoisotopic (exact) mass is 444 g/mol. The molecule has 4 rings (SSSR count). The Morgan fingerprint density at radius 2 is 2.07 bits per heavy atom.